The summed E-state index contributed by atoms with van der Waals surface area (Å²) < 4.78 is 5.98. The zero-order valence-electron chi connectivity index (χ0n) is 13.6. The average molecular weight is 287 g/mol. The summed E-state index contributed by atoms with van der Waals surface area (Å²) in [6.07, 6.45) is 17.8. The van der Waals surface area contributed by atoms with Gasteiger partial charge in [-0.15, -0.1) is 0 Å². The van der Waals surface area contributed by atoms with Crippen LogP contribution in [0, 0.1) is 0 Å². The van der Waals surface area contributed by atoms with Gasteiger partial charge in [0.1, 0.15) is 0 Å². The minimum absolute atomic E-state index is 0.624. The third-order valence-electron chi connectivity index (χ3n) is 4.57. The fraction of sp³-hybridized carbons (Fsp3) is 1.00. The minimum atomic E-state index is -0.720. The van der Waals surface area contributed by atoms with Crippen LogP contribution in [0.4, 0.5) is 0 Å². The van der Waals surface area contributed by atoms with Crippen molar-refractivity contribution in [3.63, 3.8) is 0 Å². The molecule has 1 heterocycles. The first kappa shape index (κ1) is 17.4. The van der Waals surface area contributed by atoms with Gasteiger partial charge in [-0.1, -0.05) is 40.0 Å². The Hall–Kier alpha value is 0.390. The predicted octanol–water partition coefficient (Wildman–Crippen LogP) is 5.58. The van der Waals surface area contributed by atoms with Crippen LogP contribution in [0.15, 0.2) is 0 Å². The summed E-state index contributed by atoms with van der Waals surface area (Å²) >= 11 is 0. The van der Waals surface area contributed by atoms with Gasteiger partial charge >= 0.3 is 0 Å². The molecule has 114 valence electrons. The summed E-state index contributed by atoms with van der Waals surface area (Å²) in [7, 11) is -0.720. The number of hydrogen-bond donors (Lipinski definition) is 0. The van der Waals surface area contributed by atoms with Crippen molar-refractivity contribution in [2.75, 3.05) is 31.3 Å². The summed E-state index contributed by atoms with van der Waals surface area (Å²) in [6.45, 7) is 8.07. The molecule has 0 N–H and O–H groups in total. The molecule has 19 heavy (non-hydrogen) atoms. The molecule has 1 nitrogen and oxygen atoms in total. The van der Waals surface area contributed by atoms with Crippen LogP contribution in [-0.2, 0) is 4.74 Å². The molecular weight excluding hydrogens is 251 g/mol. The van der Waals surface area contributed by atoms with Gasteiger partial charge in [-0.25, -0.2) is 0 Å². The second-order valence-electron chi connectivity index (χ2n) is 6.39. The molecule has 0 saturated carbocycles. The Morgan fingerprint density at radius 3 is 1.79 bits per heavy atom. The van der Waals surface area contributed by atoms with E-state index in [2.05, 4.69) is 20.8 Å². The van der Waals surface area contributed by atoms with Crippen LogP contribution in [0.25, 0.3) is 0 Å². The van der Waals surface area contributed by atoms with Crippen molar-refractivity contribution in [2.24, 2.45) is 0 Å². The lowest BCUT2D eigenvalue weighted by Crippen LogP contribution is -2.21. The SMILES string of the molecule is CCCC[P+](CCCC)(CCCC)CC1CCCO1. The Labute approximate surface area is 122 Å². The molecule has 1 rings (SSSR count). The van der Waals surface area contributed by atoms with Crippen LogP contribution in [0.3, 0.4) is 0 Å². The Kier molecular flexibility index (Phi) is 9.33. The Morgan fingerprint density at radius 2 is 1.42 bits per heavy atom. The van der Waals surface area contributed by atoms with Gasteiger partial charge in [0, 0.05) is 13.9 Å². The normalized spacial score (nSPS) is 20.1. The van der Waals surface area contributed by atoms with Crippen molar-refractivity contribution in [1.29, 1.82) is 0 Å². The second-order valence-corrected chi connectivity index (χ2v) is 10.8. The molecule has 1 unspecified atom stereocenters. The van der Waals surface area contributed by atoms with Gasteiger partial charge in [0.2, 0.25) is 0 Å². The van der Waals surface area contributed by atoms with Crippen LogP contribution in [-0.4, -0.2) is 37.4 Å². The van der Waals surface area contributed by atoms with Crippen molar-refractivity contribution in [1.82, 2.24) is 0 Å². The predicted molar refractivity (Wildman–Crippen MR) is 90.1 cm³/mol. The van der Waals surface area contributed by atoms with Crippen molar-refractivity contribution in [3.05, 3.63) is 0 Å². The summed E-state index contributed by atoms with van der Waals surface area (Å²) in [6, 6.07) is 0. The summed E-state index contributed by atoms with van der Waals surface area (Å²) in [5, 5.41) is 0. The molecule has 1 aliphatic rings. The van der Waals surface area contributed by atoms with Gasteiger partial charge in [-0.2, -0.15) is 0 Å². The highest BCUT2D eigenvalue weighted by atomic mass is 31.2. The molecule has 0 spiro atoms. The molecule has 1 saturated heterocycles. The lowest BCUT2D eigenvalue weighted by Gasteiger charge is -2.30. The Balaban J connectivity index is 2.61. The van der Waals surface area contributed by atoms with Crippen molar-refractivity contribution in [2.45, 2.75) is 78.2 Å². The van der Waals surface area contributed by atoms with Crippen LogP contribution < -0.4 is 0 Å². The number of unbranched alkanes of at least 4 members (excludes halogenated alkanes) is 3. The summed E-state index contributed by atoms with van der Waals surface area (Å²) in [4.78, 5) is 0. The monoisotopic (exact) mass is 287 g/mol. The molecule has 0 aromatic rings. The van der Waals surface area contributed by atoms with E-state index in [0.29, 0.717) is 6.10 Å². The van der Waals surface area contributed by atoms with E-state index in [1.807, 2.05) is 0 Å². The smallest absolute Gasteiger partial charge is 0.0910 e. The van der Waals surface area contributed by atoms with E-state index in [-0.39, 0.29) is 0 Å². The van der Waals surface area contributed by atoms with Gasteiger partial charge in [0.05, 0.1) is 30.8 Å². The molecule has 1 aliphatic heterocycles. The maximum atomic E-state index is 5.98. The van der Waals surface area contributed by atoms with Gasteiger partial charge in [-0.3, -0.25) is 0 Å². The quantitative estimate of drug-likeness (QED) is 0.450. The van der Waals surface area contributed by atoms with Gasteiger partial charge in [-0.05, 0) is 32.1 Å². The van der Waals surface area contributed by atoms with Gasteiger partial charge in [0.15, 0.2) is 0 Å². The van der Waals surface area contributed by atoms with Crippen molar-refractivity contribution < 1.29 is 4.74 Å². The van der Waals surface area contributed by atoms with Gasteiger partial charge < -0.3 is 4.74 Å². The first-order chi connectivity index (χ1) is 9.26. The van der Waals surface area contributed by atoms with E-state index >= 15 is 0 Å². The average Bonchev–Trinajstić information content (AvgIpc) is 2.93. The fourth-order valence-corrected chi connectivity index (χ4v) is 8.64. The number of rotatable bonds is 11. The molecule has 0 bridgehead atoms. The lowest BCUT2D eigenvalue weighted by atomic mass is 10.3. The molecule has 0 aromatic carbocycles. The molecule has 0 aliphatic carbocycles. The van der Waals surface area contributed by atoms with Crippen LogP contribution in [0.5, 0.6) is 0 Å². The summed E-state index contributed by atoms with van der Waals surface area (Å²) in [5.74, 6) is 0. The molecule has 0 radical (unpaired) electrons. The zero-order chi connectivity index (χ0) is 14.0. The zero-order valence-corrected chi connectivity index (χ0v) is 14.5. The highest BCUT2D eigenvalue weighted by Gasteiger charge is 2.39. The van der Waals surface area contributed by atoms with E-state index in [1.54, 1.807) is 18.5 Å². The van der Waals surface area contributed by atoms with Crippen molar-refractivity contribution >= 4 is 7.26 Å². The topological polar surface area (TPSA) is 9.23 Å². The molecule has 0 aromatic heterocycles. The molecule has 1 atom stereocenters. The molecule has 0 amide bonds. The third kappa shape index (κ3) is 6.58. The third-order valence-corrected chi connectivity index (χ3v) is 9.55. The van der Waals surface area contributed by atoms with Crippen LogP contribution in [0.1, 0.15) is 72.1 Å². The molecule has 2 heteroatoms. The van der Waals surface area contributed by atoms with E-state index in [1.165, 1.54) is 57.5 Å². The lowest BCUT2D eigenvalue weighted by molar-refractivity contribution is 0.127. The second kappa shape index (κ2) is 10.2. The Bertz CT molecular complexity index is 190. The maximum absolute atomic E-state index is 5.98. The number of ether oxygens (including phenoxy) is 1. The summed E-state index contributed by atoms with van der Waals surface area (Å²) in [5.41, 5.74) is 0. The van der Waals surface area contributed by atoms with Crippen LogP contribution >= 0.6 is 7.26 Å². The van der Waals surface area contributed by atoms with E-state index < -0.39 is 7.26 Å². The van der Waals surface area contributed by atoms with E-state index in [0.717, 1.165) is 6.61 Å². The maximum Gasteiger partial charge on any atom is 0.0910 e. The highest BCUT2D eigenvalue weighted by molar-refractivity contribution is 7.75. The number of hydrogen-bond acceptors (Lipinski definition) is 1. The highest BCUT2D eigenvalue weighted by Crippen LogP contribution is 2.61. The molecular formula is C17H36OP+. The van der Waals surface area contributed by atoms with Crippen molar-refractivity contribution in [3.8, 4) is 0 Å². The standard InChI is InChI=1S/C17H36OP/c1-4-7-13-19(14-8-5-2,15-9-6-3)16-17-11-10-12-18-17/h17H,4-16H2,1-3H3/q+1. The Morgan fingerprint density at radius 1 is 0.895 bits per heavy atom. The first-order valence-corrected chi connectivity index (χ1v) is 11.3. The largest absolute Gasteiger partial charge is 0.374 e. The van der Waals surface area contributed by atoms with E-state index in [4.69, 9.17) is 4.74 Å². The van der Waals surface area contributed by atoms with Gasteiger partial charge in [0.25, 0.3) is 0 Å². The van der Waals surface area contributed by atoms with Crippen LogP contribution in [0.2, 0.25) is 0 Å². The first-order valence-electron chi connectivity index (χ1n) is 8.73. The fourth-order valence-electron chi connectivity index (χ4n) is 3.31. The minimum Gasteiger partial charge on any atom is -0.374 e. The van der Waals surface area contributed by atoms with E-state index in [9.17, 15) is 0 Å². The molecule has 1 fully saturated rings.